The zero-order chi connectivity index (χ0) is 21.0. The fourth-order valence-electron chi connectivity index (χ4n) is 4.00. The van der Waals surface area contributed by atoms with Crippen LogP contribution in [0, 0.1) is 5.41 Å². The molecule has 164 valence electrons. The van der Waals surface area contributed by atoms with E-state index in [0.29, 0.717) is 5.41 Å². The number of aliphatic imine (C=N–C) groups is 1. The molecule has 0 amide bonds. The first-order valence-corrected chi connectivity index (χ1v) is 11.0. The van der Waals surface area contributed by atoms with Crippen molar-refractivity contribution < 1.29 is 14.2 Å². The van der Waals surface area contributed by atoms with Gasteiger partial charge in [-0.15, -0.1) is 0 Å². The summed E-state index contributed by atoms with van der Waals surface area (Å²) in [6.45, 7) is 8.33. The van der Waals surface area contributed by atoms with Crippen LogP contribution in [0.1, 0.15) is 51.5 Å². The van der Waals surface area contributed by atoms with Gasteiger partial charge in [0.1, 0.15) is 0 Å². The lowest BCUT2D eigenvalue weighted by atomic mass is 9.83. The quantitative estimate of drug-likeness (QED) is 0.315. The molecule has 2 N–H and O–H groups in total. The van der Waals surface area contributed by atoms with Gasteiger partial charge in [0, 0.05) is 32.8 Å². The van der Waals surface area contributed by atoms with Crippen LogP contribution >= 0.6 is 0 Å². The van der Waals surface area contributed by atoms with Crippen molar-refractivity contribution in [3.63, 3.8) is 0 Å². The van der Waals surface area contributed by atoms with E-state index in [9.17, 15) is 0 Å². The summed E-state index contributed by atoms with van der Waals surface area (Å²) in [5.41, 5.74) is 1.51. The summed E-state index contributed by atoms with van der Waals surface area (Å²) in [5, 5.41) is 6.86. The monoisotopic (exact) mass is 405 g/mol. The Bertz CT molecular complexity index is 628. The summed E-state index contributed by atoms with van der Waals surface area (Å²) in [6, 6.07) is 6.07. The second-order valence-corrected chi connectivity index (χ2v) is 7.72. The molecule has 0 aliphatic heterocycles. The van der Waals surface area contributed by atoms with E-state index in [0.717, 1.165) is 63.1 Å². The van der Waals surface area contributed by atoms with Crippen LogP contribution in [0.15, 0.2) is 23.2 Å². The molecule has 0 aromatic heterocycles. The van der Waals surface area contributed by atoms with Gasteiger partial charge in [-0.2, -0.15) is 0 Å². The molecule has 0 radical (unpaired) electrons. The average molecular weight is 406 g/mol. The van der Waals surface area contributed by atoms with Crippen molar-refractivity contribution in [2.75, 3.05) is 47.1 Å². The van der Waals surface area contributed by atoms with Crippen molar-refractivity contribution in [2.24, 2.45) is 10.4 Å². The topological polar surface area (TPSA) is 64.1 Å². The van der Waals surface area contributed by atoms with Crippen LogP contribution in [0.4, 0.5) is 0 Å². The predicted molar refractivity (Wildman–Crippen MR) is 119 cm³/mol. The van der Waals surface area contributed by atoms with Gasteiger partial charge in [0.2, 0.25) is 0 Å². The van der Waals surface area contributed by atoms with Gasteiger partial charge in [-0.1, -0.05) is 18.9 Å². The van der Waals surface area contributed by atoms with Gasteiger partial charge in [0.15, 0.2) is 17.5 Å². The molecule has 29 heavy (non-hydrogen) atoms. The number of benzene rings is 1. The van der Waals surface area contributed by atoms with Crippen LogP contribution in [0.2, 0.25) is 0 Å². The Kier molecular flexibility index (Phi) is 10.1. The minimum atomic E-state index is 0.306. The minimum absolute atomic E-state index is 0.306. The fourth-order valence-corrected chi connectivity index (χ4v) is 4.00. The maximum absolute atomic E-state index is 5.63. The number of nitrogens with zero attached hydrogens (tertiary/aromatic N) is 1. The Morgan fingerprint density at radius 3 is 2.48 bits per heavy atom. The molecule has 1 aliphatic rings. The largest absolute Gasteiger partial charge is 0.493 e. The molecular weight excluding hydrogens is 366 g/mol. The summed E-state index contributed by atoms with van der Waals surface area (Å²) < 4.78 is 16.3. The smallest absolute Gasteiger partial charge is 0.191 e. The van der Waals surface area contributed by atoms with E-state index in [1.54, 1.807) is 14.2 Å². The van der Waals surface area contributed by atoms with Crippen LogP contribution in [0.3, 0.4) is 0 Å². The molecule has 1 aromatic carbocycles. The third-order valence-corrected chi connectivity index (χ3v) is 5.72. The zero-order valence-electron chi connectivity index (χ0n) is 18.7. The van der Waals surface area contributed by atoms with E-state index in [4.69, 9.17) is 19.2 Å². The van der Waals surface area contributed by atoms with E-state index in [-0.39, 0.29) is 0 Å². The summed E-state index contributed by atoms with van der Waals surface area (Å²) >= 11 is 0. The second-order valence-electron chi connectivity index (χ2n) is 7.72. The first-order chi connectivity index (χ1) is 14.2. The Morgan fingerprint density at radius 2 is 1.83 bits per heavy atom. The van der Waals surface area contributed by atoms with Gasteiger partial charge in [-0.3, -0.25) is 4.99 Å². The van der Waals surface area contributed by atoms with Crippen LogP contribution < -0.4 is 20.1 Å². The van der Waals surface area contributed by atoms with E-state index >= 15 is 0 Å². The molecular formula is C23H39N3O3. The Morgan fingerprint density at radius 1 is 1.07 bits per heavy atom. The summed E-state index contributed by atoms with van der Waals surface area (Å²) in [7, 11) is 3.32. The van der Waals surface area contributed by atoms with Crippen LogP contribution in [0.5, 0.6) is 11.5 Å². The molecule has 0 bridgehead atoms. The van der Waals surface area contributed by atoms with Crippen molar-refractivity contribution in [3.8, 4) is 11.5 Å². The van der Waals surface area contributed by atoms with Gasteiger partial charge in [-0.05, 0) is 62.6 Å². The zero-order valence-corrected chi connectivity index (χ0v) is 18.7. The van der Waals surface area contributed by atoms with Gasteiger partial charge in [0.05, 0.1) is 14.2 Å². The van der Waals surface area contributed by atoms with E-state index in [1.165, 1.54) is 31.2 Å². The van der Waals surface area contributed by atoms with Gasteiger partial charge >= 0.3 is 0 Å². The van der Waals surface area contributed by atoms with Gasteiger partial charge in [-0.25, -0.2) is 0 Å². The van der Waals surface area contributed by atoms with E-state index in [1.807, 2.05) is 12.1 Å². The molecule has 1 saturated carbocycles. The minimum Gasteiger partial charge on any atom is -0.493 e. The van der Waals surface area contributed by atoms with Gasteiger partial charge < -0.3 is 24.8 Å². The molecule has 1 aliphatic carbocycles. The second kappa shape index (κ2) is 12.6. The number of ether oxygens (including phenoxy) is 3. The molecule has 6 nitrogen and oxygen atoms in total. The van der Waals surface area contributed by atoms with Crippen molar-refractivity contribution in [3.05, 3.63) is 23.8 Å². The third-order valence-electron chi connectivity index (χ3n) is 5.72. The highest BCUT2D eigenvalue weighted by atomic mass is 16.5. The molecule has 1 aromatic rings. The maximum Gasteiger partial charge on any atom is 0.191 e. The number of rotatable bonds is 12. The van der Waals surface area contributed by atoms with Crippen LogP contribution in [-0.2, 0) is 11.2 Å². The molecule has 0 spiro atoms. The van der Waals surface area contributed by atoms with Crippen molar-refractivity contribution in [2.45, 2.75) is 52.4 Å². The lowest BCUT2D eigenvalue weighted by Crippen LogP contribution is -2.39. The van der Waals surface area contributed by atoms with E-state index < -0.39 is 0 Å². The number of methoxy groups -OCH3 is 2. The number of nitrogens with one attached hydrogen (secondary N) is 2. The molecule has 1 fully saturated rings. The first-order valence-electron chi connectivity index (χ1n) is 11.0. The molecule has 0 unspecified atom stereocenters. The average Bonchev–Trinajstić information content (AvgIpc) is 3.21. The summed E-state index contributed by atoms with van der Waals surface area (Å²) in [6.07, 6.45) is 7.13. The van der Waals surface area contributed by atoms with Crippen LogP contribution in [0.25, 0.3) is 0 Å². The van der Waals surface area contributed by atoms with Crippen molar-refractivity contribution in [1.82, 2.24) is 10.6 Å². The molecule has 0 atom stereocenters. The highest BCUT2D eigenvalue weighted by Gasteiger charge is 2.33. The number of hydrogen-bond donors (Lipinski definition) is 2. The maximum atomic E-state index is 5.63. The third kappa shape index (κ3) is 7.42. The first kappa shape index (κ1) is 23.3. The lowest BCUT2D eigenvalue weighted by Gasteiger charge is -2.27. The SMILES string of the molecule is CCNC(=NCC1(CCOCC)CCCC1)NCCc1ccc(OC)c(OC)c1. The Balaban J connectivity index is 1.91. The number of hydrogen-bond acceptors (Lipinski definition) is 4. The molecule has 6 heteroatoms. The normalized spacial score (nSPS) is 15.9. The predicted octanol–water partition coefficient (Wildman–Crippen LogP) is 3.79. The summed E-state index contributed by atoms with van der Waals surface area (Å²) in [4.78, 5) is 4.93. The van der Waals surface area contributed by atoms with Crippen molar-refractivity contribution >= 4 is 5.96 Å². The lowest BCUT2D eigenvalue weighted by molar-refractivity contribution is 0.107. The van der Waals surface area contributed by atoms with Gasteiger partial charge in [0.25, 0.3) is 0 Å². The highest BCUT2D eigenvalue weighted by Crippen LogP contribution is 2.41. The standard InChI is InChI=1S/C23H39N3O3/c1-5-24-22(26-18-23(12-7-8-13-23)14-16-29-6-2)25-15-11-19-9-10-20(27-3)21(17-19)28-4/h9-10,17H,5-8,11-16,18H2,1-4H3,(H2,24,25,26). The number of guanidine groups is 1. The van der Waals surface area contributed by atoms with E-state index in [2.05, 4.69) is 30.5 Å². The Labute approximate surface area is 176 Å². The van der Waals surface area contributed by atoms with Crippen molar-refractivity contribution in [1.29, 1.82) is 0 Å². The van der Waals surface area contributed by atoms with Crippen LogP contribution in [-0.4, -0.2) is 53.0 Å². The highest BCUT2D eigenvalue weighted by molar-refractivity contribution is 5.79. The molecule has 0 saturated heterocycles. The molecule has 2 rings (SSSR count). The fraction of sp³-hybridized carbons (Fsp3) is 0.696. The summed E-state index contributed by atoms with van der Waals surface area (Å²) in [5.74, 6) is 2.42. The Hall–Kier alpha value is -1.95. The molecule has 0 heterocycles.